The molecule has 1 aliphatic heterocycles. The SMILES string of the molecule is CC(C)(C)N1CCCC1Cc1cccs1. The minimum Gasteiger partial charge on any atom is -0.295 e. The van der Waals surface area contributed by atoms with Gasteiger partial charge in [0, 0.05) is 16.5 Å². The largest absolute Gasteiger partial charge is 0.295 e. The third kappa shape index (κ3) is 2.61. The van der Waals surface area contributed by atoms with Crippen molar-refractivity contribution in [2.24, 2.45) is 0 Å². The molecule has 1 atom stereocenters. The summed E-state index contributed by atoms with van der Waals surface area (Å²) in [6, 6.07) is 5.20. The molecule has 1 fully saturated rings. The molecule has 15 heavy (non-hydrogen) atoms. The van der Waals surface area contributed by atoms with Crippen molar-refractivity contribution in [3.05, 3.63) is 22.4 Å². The lowest BCUT2D eigenvalue weighted by Crippen LogP contribution is -2.45. The van der Waals surface area contributed by atoms with Gasteiger partial charge in [0.05, 0.1) is 0 Å². The molecule has 1 aliphatic rings. The summed E-state index contributed by atoms with van der Waals surface area (Å²) in [5.74, 6) is 0. The fraction of sp³-hybridized carbons (Fsp3) is 0.692. The van der Waals surface area contributed by atoms with Crippen LogP contribution in [-0.2, 0) is 6.42 Å². The third-order valence-corrected chi connectivity index (χ3v) is 4.15. The molecule has 0 spiro atoms. The highest BCUT2D eigenvalue weighted by Gasteiger charge is 2.32. The van der Waals surface area contributed by atoms with E-state index in [9.17, 15) is 0 Å². The summed E-state index contributed by atoms with van der Waals surface area (Å²) in [5, 5.41) is 2.19. The minimum absolute atomic E-state index is 0.332. The summed E-state index contributed by atoms with van der Waals surface area (Å²) in [4.78, 5) is 4.21. The predicted octanol–water partition coefficient (Wildman–Crippen LogP) is 3.55. The lowest BCUT2D eigenvalue weighted by molar-refractivity contribution is 0.121. The molecule has 1 unspecified atom stereocenters. The molecule has 1 aromatic rings. The topological polar surface area (TPSA) is 3.24 Å². The fourth-order valence-electron chi connectivity index (χ4n) is 2.59. The van der Waals surface area contributed by atoms with Gasteiger partial charge in [0.1, 0.15) is 0 Å². The maximum Gasteiger partial charge on any atom is 0.0149 e. The number of thiophene rings is 1. The Morgan fingerprint density at radius 3 is 2.87 bits per heavy atom. The average molecular weight is 223 g/mol. The molecule has 0 saturated carbocycles. The van der Waals surface area contributed by atoms with Gasteiger partial charge in [-0.3, -0.25) is 4.90 Å². The minimum atomic E-state index is 0.332. The van der Waals surface area contributed by atoms with Crippen molar-refractivity contribution in [3.63, 3.8) is 0 Å². The van der Waals surface area contributed by atoms with Crippen molar-refractivity contribution in [1.82, 2.24) is 4.90 Å². The summed E-state index contributed by atoms with van der Waals surface area (Å²) in [6.07, 6.45) is 3.98. The van der Waals surface area contributed by atoms with E-state index < -0.39 is 0 Å². The van der Waals surface area contributed by atoms with E-state index in [0.717, 1.165) is 6.04 Å². The summed E-state index contributed by atoms with van der Waals surface area (Å²) in [6.45, 7) is 8.28. The molecule has 84 valence electrons. The summed E-state index contributed by atoms with van der Waals surface area (Å²) >= 11 is 1.90. The first-order valence-electron chi connectivity index (χ1n) is 5.86. The Bertz CT molecular complexity index is 297. The Hall–Kier alpha value is -0.340. The zero-order valence-corrected chi connectivity index (χ0v) is 10.8. The standard InChI is InChI=1S/C13H21NS/c1-13(2,3)14-8-4-6-11(14)10-12-7-5-9-15-12/h5,7,9,11H,4,6,8,10H2,1-3H3. The molecule has 1 saturated heterocycles. The van der Waals surface area contributed by atoms with Crippen LogP contribution in [0.3, 0.4) is 0 Å². The van der Waals surface area contributed by atoms with E-state index in [2.05, 4.69) is 43.2 Å². The van der Waals surface area contributed by atoms with Gasteiger partial charge >= 0.3 is 0 Å². The number of likely N-dealkylation sites (tertiary alicyclic amines) is 1. The van der Waals surface area contributed by atoms with Crippen molar-refractivity contribution in [3.8, 4) is 0 Å². The number of hydrogen-bond acceptors (Lipinski definition) is 2. The van der Waals surface area contributed by atoms with Crippen molar-refractivity contribution in [1.29, 1.82) is 0 Å². The molecule has 0 amide bonds. The van der Waals surface area contributed by atoms with E-state index in [4.69, 9.17) is 0 Å². The van der Waals surface area contributed by atoms with Crippen molar-refractivity contribution in [2.75, 3.05) is 6.54 Å². The monoisotopic (exact) mass is 223 g/mol. The van der Waals surface area contributed by atoms with Crippen LogP contribution in [0.4, 0.5) is 0 Å². The molecule has 0 radical (unpaired) electrons. The molecule has 2 heteroatoms. The molecule has 0 bridgehead atoms. The predicted molar refractivity (Wildman–Crippen MR) is 67.5 cm³/mol. The van der Waals surface area contributed by atoms with Crippen LogP contribution in [0.5, 0.6) is 0 Å². The Morgan fingerprint density at radius 1 is 1.47 bits per heavy atom. The second-order valence-electron chi connectivity index (χ2n) is 5.44. The molecule has 2 rings (SSSR count). The Balaban J connectivity index is 2.03. The van der Waals surface area contributed by atoms with Crippen LogP contribution in [-0.4, -0.2) is 23.0 Å². The first-order chi connectivity index (χ1) is 7.07. The lowest BCUT2D eigenvalue weighted by Gasteiger charge is -2.37. The van der Waals surface area contributed by atoms with Gasteiger partial charge < -0.3 is 0 Å². The second-order valence-corrected chi connectivity index (χ2v) is 6.48. The van der Waals surface area contributed by atoms with Crippen LogP contribution in [0, 0.1) is 0 Å². The highest BCUT2D eigenvalue weighted by molar-refractivity contribution is 7.09. The highest BCUT2D eigenvalue weighted by Crippen LogP contribution is 2.29. The fourth-order valence-corrected chi connectivity index (χ4v) is 3.37. The van der Waals surface area contributed by atoms with E-state index in [1.165, 1.54) is 30.7 Å². The van der Waals surface area contributed by atoms with Gasteiger partial charge in [0.2, 0.25) is 0 Å². The van der Waals surface area contributed by atoms with E-state index in [0.29, 0.717) is 5.54 Å². The van der Waals surface area contributed by atoms with Crippen LogP contribution >= 0.6 is 11.3 Å². The van der Waals surface area contributed by atoms with E-state index in [1.54, 1.807) is 0 Å². The van der Waals surface area contributed by atoms with Crippen LogP contribution in [0.2, 0.25) is 0 Å². The summed E-state index contributed by atoms with van der Waals surface area (Å²) < 4.78 is 0. The van der Waals surface area contributed by atoms with Gasteiger partial charge in [-0.15, -0.1) is 11.3 Å². The van der Waals surface area contributed by atoms with E-state index >= 15 is 0 Å². The highest BCUT2D eigenvalue weighted by atomic mass is 32.1. The smallest absolute Gasteiger partial charge is 0.0149 e. The van der Waals surface area contributed by atoms with E-state index in [1.807, 2.05) is 11.3 Å². The van der Waals surface area contributed by atoms with Crippen molar-refractivity contribution in [2.45, 2.75) is 51.6 Å². The summed E-state index contributed by atoms with van der Waals surface area (Å²) in [5.41, 5.74) is 0.332. The van der Waals surface area contributed by atoms with Crippen LogP contribution in [0.1, 0.15) is 38.5 Å². The van der Waals surface area contributed by atoms with Gasteiger partial charge in [-0.05, 0) is 58.0 Å². The normalized spacial score (nSPS) is 23.5. The molecule has 0 aromatic carbocycles. The first kappa shape index (κ1) is 11.2. The Morgan fingerprint density at radius 2 is 2.27 bits per heavy atom. The first-order valence-corrected chi connectivity index (χ1v) is 6.74. The molecule has 2 heterocycles. The molecule has 1 aromatic heterocycles. The third-order valence-electron chi connectivity index (χ3n) is 3.26. The van der Waals surface area contributed by atoms with Crippen molar-refractivity contribution < 1.29 is 0 Å². The zero-order chi connectivity index (χ0) is 10.9. The van der Waals surface area contributed by atoms with Crippen LogP contribution in [0.25, 0.3) is 0 Å². The number of rotatable bonds is 2. The average Bonchev–Trinajstić information content (AvgIpc) is 2.73. The quantitative estimate of drug-likeness (QED) is 0.741. The number of nitrogens with zero attached hydrogens (tertiary/aromatic N) is 1. The second kappa shape index (κ2) is 4.26. The molecule has 1 nitrogen and oxygen atoms in total. The van der Waals surface area contributed by atoms with Gasteiger partial charge in [-0.1, -0.05) is 6.07 Å². The summed E-state index contributed by atoms with van der Waals surface area (Å²) in [7, 11) is 0. The Labute approximate surface area is 97.1 Å². The maximum absolute atomic E-state index is 2.67. The maximum atomic E-state index is 2.67. The molecule has 0 aliphatic carbocycles. The van der Waals surface area contributed by atoms with Crippen LogP contribution < -0.4 is 0 Å². The van der Waals surface area contributed by atoms with Crippen molar-refractivity contribution >= 4 is 11.3 Å². The number of hydrogen-bond donors (Lipinski definition) is 0. The zero-order valence-electron chi connectivity index (χ0n) is 9.99. The van der Waals surface area contributed by atoms with Crippen LogP contribution in [0.15, 0.2) is 17.5 Å². The molecule has 0 N–H and O–H groups in total. The van der Waals surface area contributed by atoms with Gasteiger partial charge in [-0.25, -0.2) is 0 Å². The molecular formula is C13H21NS. The van der Waals surface area contributed by atoms with Gasteiger partial charge in [0.15, 0.2) is 0 Å². The van der Waals surface area contributed by atoms with Gasteiger partial charge in [-0.2, -0.15) is 0 Å². The van der Waals surface area contributed by atoms with E-state index in [-0.39, 0.29) is 0 Å². The van der Waals surface area contributed by atoms with Gasteiger partial charge in [0.25, 0.3) is 0 Å². The molecular weight excluding hydrogens is 202 g/mol. The lowest BCUT2D eigenvalue weighted by atomic mass is 10.0. The Kier molecular flexibility index (Phi) is 3.17.